The van der Waals surface area contributed by atoms with E-state index in [4.69, 9.17) is 9.47 Å². The first kappa shape index (κ1) is 19.9. The van der Waals surface area contributed by atoms with Crippen molar-refractivity contribution in [2.24, 2.45) is 0 Å². The summed E-state index contributed by atoms with van der Waals surface area (Å²) in [6, 6.07) is 8.18. The normalized spacial score (nSPS) is 11.4. The molecule has 0 N–H and O–H groups in total. The molecule has 0 aliphatic rings. The zero-order chi connectivity index (χ0) is 20.5. The standard InChI is InChI=1S/C18H20N3O6P/c1-11-7-13(8-17(26-4)12(11)2)21-16(10-19-20-21)15-6-5-14(25-3)9-18(15)27-28(22,23)24/h5-10H,1-4H3,(H2,22,23,24)/p-2. The van der Waals surface area contributed by atoms with Gasteiger partial charge in [0, 0.05) is 17.7 Å². The zero-order valence-electron chi connectivity index (χ0n) is 15.7. The summed E-state index contributed by atoms with van der Waals surface area (Å²) < 4.78 is 27.8. The van der Waals surface area contributed by atoms with Crippen LogP contribution >= 0.6 is 7.82 Å². The summed E-state index contributed by atoms with van der Waals surface area (Å²) in [6.07, 6.45) is 1.44. The molecule has 0 amide bonds. The highest BCUT2D eigenvalue weighted by molar-refractivity contribution is 7.43. The molecule has 148 valence electrons. The monoisotopic (exact) mass is 403 g/mol. The molecule has 2 aromatic carbocycles. The second kappa shape index (κ2) is 7.63. The van der Waals surface area contributed by atoms with Gasteiger partial charge in [0.25, 0.3) is 0 Å². The Balaban J connectivity index is 2.17. The van der Waals surface area contributed by atoms with E-state index < -0.39 is 7.82 Å². The first-order valence-electron chi connectivity index (χ1n) is 8.20. The van der Waals surface area contributed by atoms with Crippen molar-refractivity contribution in [2.75, 3.05) is 14.2 Å². The molecule has 0 fully saturated rings. The summed E-state index contributed by atoms with van der Waals surface area (Å²) in [5.74, 6) is 0.831. The number of phosphoric acid groups is 1. The molecule has 28 heavy (non-hydrogen) atoms. The topological polar surface area (TPSA) is 122 Å². The van der Waals surface area contributed by atoms with Crippen LogP contribution in [0.4, 0.5) is 0 Å². The molecule has 0 aliphatic carbocycles. The third kappa shape index (κ3) is 4.01. The molecule has 0 saturated heterocycles. The number of aryl methyl sites for hydroxylation is 1. The number of nitrogens with zero attached hydrogens (tertiary/aromatic N) is 3. The number of rotatable bonds is 6. The minimum Gasteiger partial charge on any atom is -0.780 e. The Kier molecular flexibility index (Phi) is 5.42. The van der Waals surface area contributed by atoms with E-state index in [9.17, 15) is 14.4 Å². The van der Waals surface area contributed by atoms with Crippen LogP contribution in [0.2, 0.25) is 0 Å². The summed E-state index contributed by atoms with van der Waals surface area (Å²) in [5.41, 5.74) is 3.36. The molecule has 0 spiro atoms. The molecule has 3 aromatic rings. The van der Waals surface area contributed by atoms with Crippen LogP contribution in [0.5, 0.6) is 17.2 Å². The number of benzene rings is 2. The van der Waals surface area contributed by atoms with Gasteiger partial charge in [0.2, 0.25) is 0 Å². The maximum atomic E-state index is 11.2. The number of hydrogen-bond acceptors (Lipinski definition) is 8. The summed E-state index contributed by atoms with van der Waals surface area (Å²) >= 11 is 0. The van der Waals surface area contributed by atoms with E-state index in [-0.39, 0.29) is 5.75 Å². The van der Waals surface area contributed by atoms with Crippen LogP contribution in [0.1, 0.15) is 11.1 Å². The summed E-state index contributed by atoms with van der Waals surface area (Å²) in [4.78, 5) is 22.4. The molecule has 1 heterocycles. The van der Waals surface area contributed by atoms with Gasteiger partial charge in [-0.3, -0.25) is 0 Å². The molecule has 0 atom stereocenters. The average molecular weight is 403 g/mol. The van der Waals surface area contributed by atoms with E-state index >= 15 is 0 Å². The van der Waals surface area contributed by atoms with E-state index in [2.05, 4.69) is 14.8 Å². The van der Waals surface area contributed by atoms with Crippen LogP contribution in [-0.4, -0.2) is 29.2 Å². The van der Waals surface area contributed by atoms with Crippen molar-refractivity contribution in [3.8, 4) is 34.2 Å². The van der Waals surface area contributed by atoms with Gasteiger partial charge in [0.1, 0.15) is 25.1 Å². The van der Waals surface area contributed by atoms with E-state index in [0.29, 0.717) is 28.4 Å². The number of ether oxygens (including phenoxy) is 2. The Labute approximate surface area is 161 Å². The quantitative estimate of drug-likeness (QED) is 0.571. The van der Waals surface area contributed by atoms with Gasteiger partial charge in [-0.15, -0.1) is 5.10 Å². The number of aromatic nitrogens is 3. The molecule has 0 saturated carbocycles. The lowest BCUT2D eigenvalue weighted by Crippen LogP contribution is -2.19. The molecule has 0 aliphatic heterocycles. The van der Waals surface area contributed by atoms with E-state index in [1.807, 2.05) is 19.9 Å². The molecule has 1 aromatic heterocycles. The number of phosphoric ester groups is 1. The third-order valence-corrected chi connectivity index (χ3v) is 4.71. The zero-order valence-corrected chi connectivity index (χ0v) is 16.6. The van der Waals surface area contributed by atoms with Crippen molar-refractivity contribution in [1.29, 1.82) is 0 Å². The second-order valence-corrected chi connectivity index (χ2v) is 7.10. The minimum absolute atomic E-state index is 0.174. The molecular formula is C18H18N3O6P-2. The predicted molar refractivity (Wildman–Crippen MR) is 97.6 cm³/mol. The molecule has 0 unspecified atom stereocenters. The largest absolute Gasteiger partial charge is 0.780 e. The van der Waals surface area contributed by atoms with Gasteiger partial charge in [-0.05, 0) is 43.2 Å². The lowest BCUT2D eigenvalue weighted by molar-refractivity contribution is -0.333. The van der Waals surface area contributed by atoms with Gasteiger partial charge in [0.05, 0.1) is 31.8 Å². The molecule has 0 radical (unpaired) electrons. The highest BCUT2D eigenvalue weighted by Crippen LogP contribution is 2.40. The Morgan fingerprint density at radius 3 is 2.43 bits per heavy atom. The summed E-state index contributed by atoms with van der Waals surface area (Å²) in [7, 11) is -2.30. The molecule has 10 heteroatoms. The van der Waals surface area contributed by atoms with Crippen LogP contribution in [0, 0.1) is 13.8 Å². The number of methoxy groups -OCH3 is 2. The fourth-order valence-electron chi connectivity index (χ4n) is 2.79. The first-order chi connectivity index (χ1) is 13.2. The van der Waals surface area contributed by atoms with Crippen LogP contribution in [-0.2, 0) is 4.57 Å². The minimum atomic E-state index is -5.29. The van der Waals surface area contributed by atoms with Gasteiger partial charge in [-0.25, -0.2) is 4.68 Å². The van der Waals surface area contributed by atoms with Crippen LogP contribution in [0.3, 0.4) is 0 Å². The third-order valence-electron chi connectivity index (χ3n) is 4.29. The molecule has 3 rings (SSSR count). The Hall–Kier alpha value is -2.87. The lowest BCUT2D eigenvalue weighted by Gasteiger charge is -2.30. The SMILES string of the molecule is COc1ccc(-c2cnnn2-c2cc(C)c(C)c(OC)c2)c(OP(=O)([O-])[O-])c1. The van der Waals surface area contributed by atoms with Gasteiger partial charge < -0.3 is 28.3 Å². The Morgan fingerprint density at radius 2 is 1.79 bits per heavy atom. The van der Waals surface area contributed by atoms with Crippen LogP contribution in [0.25, 0.3) is 16.9 Å². The van der Waals surface area contributed by atoms with Crippen molar-refractivity contribution >= 4 is 7.82 Å². The fraction of sp³-hybridized carbons (Fsp3) is 0.222. The second-order valence-electron chi connectivity index (χ2n) is 6.02. The molecular weight excluding hydrogens is 385 g/mol. The fourth-order valence-corrected chi connectivity index (χ4v) is 3.18. The lowest BCUT2D eigenvalue weighted by atomic mass is 10.1. The molecule has 9 nitrogen and oxygen atoms in total. The van der Waals surface area contributed by atoms with Crippen molar-refractivity contribution in [3.05, 3.63) is 47.7 Å². The van der Waals surface area contributed by atoms with Crippen LogP contribution in [0.15, 0.2) is 36.5 Å². The van der Waals surface area contributed by atoms with Crippen molar-refractivity contribution in [2.45, 2.75) is 13.8 Å². The predicted octanol–water partition coefficient (Wildman–Crippen LogP) is 1.78. The summed E-state index contributed by atoms with van der Waals surface area (Å²) in [6.45, 7) is 3.88. The van der Waals surface area contributed by atoms with Gasteiger partial charge in [-0.1, -0.05) is 5.21 Å². The Morgan fingerprint density at radius 1 is 1.04 bits per heavy atom. The summed E-state index contributed by atoms with van der Waals surface area (Å²) in [5, 5.41) is 8.01. The maximum absolute atomic E-state index is 11.2. The Bertz CT molecular complexity index is 1060. The van der Waals surface area contributed by atoms with Gasteiger partial charge in [-0.2, -0.15) is 0 Å². The van der Waals surface area contributed by atoms with E-state index in [1.54, 1.807) is 25.3 Å². The van der Waals surface area contributed by atoms with Crippen molar-refractivity contribution < 1.29 is 28.3 Å². The van der Waals surface area contributed by atoms with E-state index in [1.165, 1.54) is 24.1 Å². The number of hydrogen-bond donors (Lipinski definition) is 0. The van der Waals surface area contributed by atoms with Crippen LogP contribution < -0.4 is 23.8 Å². The van der Waals surface area contributed by atoms with Gasteiger partial charge in [0.15, 0.2) is 0 Å². The first-order valence-corrected chi connectivity index (χ1v) is 9.66. The van der Waals surface area contributed by atoms with Crippen molar-refractivity contribution in [3.63, 3.8) is 0 Å². The maximum Gasteiger partial charge on any atom is 0.137 e. The van der Waals surface area contributed by atoms with Gasteiger partial charge >= 0.3 is 0 Å². The average Bonchev–Trinajstić information content (AvgIpc) is 3.12. The molecule has 0 bridgehead atoms. The highest BCUT2D eigenvalue weighted by atomic mass is 31.2. The van der Waals surface area contributed by atoms with E-state index in [0.717, 1.165) is 11.1 Å². The highest BCUT2D eigenvalue weighted by Gasteiger charge is 2.17. The smallest absolute Gasteiger partial charge is 0.137 e. The van der Waals surface area contributed by atoms with Crippen molar-refractivity contribution in [1.82, 2.24) is 15.0 Å².